The average molecular weight is 370 g/mol. The summed E-state index contributed by atoms with van der Waals surface area (Å²) in [6.07, 6.45) is 0. The van der Waals surface area contributed by atoms with Crippen LogP contribution in [-0.4, -0.2) is 34.1 Å². The van der Waals surface area contributed by atoms with Gasteiger partial charge in [0.15, 0.2) is 0 Å². The summed E-state index contributed by atoms with van der Waals surface area (Å²) in [6.45, 7) is -0.286. The molecule has 0 aliphatic heterocycles. The molecule has 0 atom stereocenters. The predicted molar refractivity (Wildman–Crippen MR) is 89.5 cm³/mol. The van der Waals surface area contributed by atoms with Crippen molar-refractivity contribution >= 4 is 27.6 Å². The second kappa shape index (κ2) is 8.68. The van der Waals surface area contributed by atoms with Crippen LogP contribution in [0.15, 0.2) is 59.5 Å². The molecule has 1 N–H and O–H groups in total. The summed E-state index contributed by atoms with van der Waals surface area (Å²) in [4.78, 5) is 11.6. The zero-order valence-corrected chi connectivity index (χ0v) is 14.2. The van der Waals surface area contributed by atoms with E-state index in [2.05, 4.69) is 4.72 Å². The van der Waals surface area contributed by atoms with Crippen molar-refractivity contribution in [2.45, 2.75) is 4.90 Å². The molecule has 24 heavy (non-hydrogen) atoms. The number of carbonyl (C=O) groups excluding carboxylic acids is 1. The summed E-state index contributed by atoms with van der Waals surface area (Å²) in [5.41, 5.74) is 0. The Morgan fingerprint density at radius 1 is 1.00 bits per heavy atom. The molecule has 2 aromatic rings. The van der Waals surface area contributed by atoms with E-state index in [4.69, 9.17) is 21.1 Å². The van der Waals surface area contributed by atoms with Gasteiger partial charge in [-0.25, -0.2) is 8.42 Å². The summed E-state index contributed by atoms with van der Waals surface area (Å²) in [6, 6.07) is 14.5. The lowest BCUT2D eigenvalue weighted by Crippen LogP contribution is -2.31. The lowest BCUT2D eigenvalue weighted by molar-refractivity contribution is -0.142. The molecule has 0 bridgehead atoms. The molecule has 0 aromatic heterocycles. The first kappa shape index (κ1) is 18.3. The largest absolute Gasteiger partial charge is 0.490 e. The predicted octanol–water partition coefficient (Wildman–Crippen LogP) is 2.24. The van der Waals surface area contributed by atoms with Crippen molar-refractivity contribution in [1.29, 1.82) is 0 Å². The zero-order chi connectivity index (χ0) is 17.4. The second-order valence-electron chi connectivity index (χ2n) is 4.66. The Labute approximate surface area is 145 Å². The van der Waals surface area contributed by atoms with E-state index in [9.17, 15) is 13.2 Å². The number of halogens is 1. The maximum atomic E-state index is 11.9. The Morgan fingerprint density at radius 2 is 1.67 bits per heavy atom. The van der Waals surface area contributed by atoms with Crippen LogP contribution in [-0.2, 0) is 19.6 Å². The summed E-state index contributed by atoms with van der Waals surface area (Å²) < 4.78 is 36.3. The van der Waals surface area contributed by atoms with Gasteiger partial charge in [0.1, 0.15) is 25.5 Å². The number of nitrogens with one attached hydrogen (secondary N) is 1. The molecule has 0 amide bonds. The van der Waals surface area contributed by atoms with Gasteiger partial charge in [-0.15, -0.1) is 0 Å². The number of sulfonamides is 1. The van der Waals surface area contributed by atoms with Gasteiger partial charge in [0.25, 0.3) is 0 Å². The second-order valence-corrected chi connectivity index (χ2v) is 6.86. The number of hydrogen-bond donors (Lipinski definition) is 1. The molecule has 128 valence electrons. The van der Waals surface area contributed by atoms with Crippen LogP contribution in [0.5, 0.6) is 5.75 Å². The molecule has 0 aliphatic rings. The smallest absolute Gasteiger partial charge is 0.321 e. The van der Waals surface area contributed by atoms with E-state index in [-0.39, 0.29) is 18.1 Å². The van der Waals surface area contributed by atoms with Crippen LogP contribution in [0.2, 0.25) is 5.02 Å². The van der Waals surface area contributed by atoms with Crippen molar-refractivity contribution in [2.75, 3.05) is 19.8 Å². The van der Waals surface area contributed by atoms with Crippen molar-refractivity contribution in [1.82, 2.24) is 4.72 Å². The SMILES string of the molecule is O=C(CNS(=O)(=O)c1ccccc1)OCCOc1ccc(Cl)cc1. The fraction of sp³-hybridized carbons (Fsp3) is 0.188. The Morgan fingerprint density at radius 3 is 2.33 bits per heavy atom. The Kier molecular flexibility index (Phi) is 6.60. The molecule has 0 heterocycles. The highest BCUT2D eigenvalue weighted by Crippen LogP contribution is 2.15. The van der Waals surface area contributed by atoms with Crippen molar-refractivity contribution in [2.24, 2.45) is 0 Å². The lowest BCUT2D eigenvalue weighted by Gasteiger charge is -2.08. The fourth-order valence-corrected chi connectivity index (χ4v) is 2.85. The number of ether oxygens (including phenoxy) is 2. The Balaban J connectivity index is 1.69. The molecule has 2 aromatic carbocycles. The van der Waals surface area contributed by atoms with Gasteiger partial charge in [-0.2, -0.15) is 4.72 Å². The molecule has 0 saturated carbocycles. The minimum absolute atomic E-state index is 0.00846. The van der Waals surface area contributed by atoms with Gasteiger partial charge in [-0.3, -0.25) is 4.79 Å². The summed E-state index contributed by atoms with van der Waals surface area (Å²) >= 11 is 5.75. The zero-order valence-electron chi connectivity index (χ0n) is 12.6. The van der Waals surface area contributed by atoms with Gasteiger partial charge in [0.2, 0.25) is 10.0 Å². The first-order valence-corrected chi connectivity index (χ1v) is 8.92. The maximum absolute atomic E-state index is 11.9. The third-order valence-electron chi connectivity index (χ3n) is 2.89. The van der Waals surface area contributed by atoms with Crippen molar-refractivity contribution < 1.29 is 22.7 Å². The van der Waals surface area contributed by atoms with Gasteiger partial charge in [0.05, 0.1) is 4.90 Å². The normalized spacial score (nSPS) is 11.0. The van der Waals surface area contributed by atoms with Gasteiger partial charge in [-0.05, 0) is 36.4 Å². The number of rotatable bonds is 8. The highest BCUT2D eigenvalue weighted by molar-refractivity contribution is 7.89. The minimum Gasteiger partial charge on any atom is -0.490 e. The summed E-state index contributed by atoms with van der Waals surface area (Å²) in [5.74, 6) is -0.0885. The topological polar surface area (TPSA) is 81.7 Å². The molecule has 0 saturated heterocycles. The molecule has 2 rings (SSSR count). The highest BCUT2D eigenvalue weighted by atomic mass is 35.5. The number of carbonyl (C=O) groups is 1. The van der Waals surface area contributed by atoms with E-state index in [1.807, 2.05) is 0 Å². The molecular formula is C16H16ClNO5S. The molecule has 0 fully saturated rings. The lowest BCUT2D eigenvalue weighted by atomic mass is 10.3. The van der Waals surface area contributed by atoms with E-state index in [0.717, 1.165) is 0 Å². The minimum atomic E-state index is -3.73. The van der Waals surface area contributed by atoms with Crippen LogP contribution >= 0.6 is 11.6 Å². The Hall–Kier alpha value is -2.09. The molecule has 0 aliphatic carbocycles. The third-order valence-corrected chi connectivity index (χ3v) is 4.56. The van der Waals surface area contributed by atoms with Crippen molar-refractivity contribution in [3.63, 3.8) is 0 Å². The fourth-order valence-electron chi connectivity index (χ4n) is 1.73. The molecule has 0 unspecified atom stereocenters. The molecule has 0 spiro atoms. The Bertz CT molecular complexity index is 763. The van der Waals surface area contributed by atoms with Crippen LogP contribution in [0.4, 0.5) is 0 Å². The van der Waals surface area contributed by atoms with Crippen molar-refractivity contribution in [3.05, 3.63) is 59.6 Å². The first-order valence-electron chi connectivity index (χ1n) is 7.06. The maximum Gasteiger partial charge on any atom is 0.321 e. The van der Waals surface area contributed by atoms with Crippen LogP contribution in [0, 0.1) is 0 Å². The van der Waals surface area contributed by atoms with Gasteiger partial charge in [0, 0.05) is 5.02 Å². The van der Waals surface area contributed by atoms with Crippen LogP contribution in [0.1, 0.15) is 0 Å². The number of esters is 1. The van der Waals surface area contributed by atoms with Crippen LogP contribution < -0.4 is 9.46 Å². The van der Waals surface area contributed by atoms with E-state index in [1.54, 1.807) is 42.5 Å². The standard InChI is InChI=1S/C16H16ClNO5S/c17-13-6-8-14(9-7-13)22-10-11-23-16(19)12-18-24(20,21)15-4-2-1-3-5-15/h1-9,18H,10-12H2. The van der Waals surface area contributed by atoms with E-state index in [1.165, 1.54) is 12.1 Å². The van der Waals surface area contributed by atoms with Gasteiger partial charge >= 0.3 is 5.97 Å². The van der Waals surface area contributed by atoms with Crippen LogP contribution in [0.3, 0.4) is 0 Å². The van der Waals surface area contributed by atoms with E-state index >= 15 is 0 Å². The molecule has 0 radical (unpaired) electrons. The summed E-state index contributed by atoms with van der Waals surface area (Å²) in [7, 11) is -3.73. The first-order chi connectivity index (χ1) is 11.5. The van der Waals surface area contributed by atoms with Crippen LogP contribution in [0.25, 0.3) is 0 Å². The van der Waals surface area contributed by atoms with E-state index in [0.29, 0.717) is 10.8 Å². The number of benzene rings is 2. The highest BCUT2D eigenvalue weighted by Gasteiger charge is 2.15. The molecule has 8 heteroatoms. The molecular weight excluding hydrogens is 354 g/mol. The quantitative estimate of drug-likeness (QED) is 0.570. The number of hydrogen-bond acceptors (Lipinski definition) is 5. The molecule has 6 nitrogen and oxygen atoms in total. The van der Waals surface area contributed by atoms with Gasteiger partial charge in [-0.1, -0.05) is 29.8 Å². The van der Waals surface area contributed by atoms with Gasteiger partial charge < -0.3 is 9.47 Å². The monoisotopic (exact) mass is 369 g/mol. The van der Waals surface area contributed by atoms with E-state index < -0.39 is 22.5 Å². The summed E-state index contributed by atoms with van der Waals surface area (Å²) in [5, 5.41) is 0.597. The third kappa shape index (κ3) is 5.84. The average Bonchev–Trinajstić information content (AvgIpc) is 2.59. The van der Waals surface area contributed by atoms with Crippen molar-refractivity contribution in [3.8, 4) is 5.75 Å².